The normalized spacial score (nSPS) is 19.7. The van der Waals surface area contributed by atoms with Gasteiger partial charge in [-0.3, -0.25) is 4.99 Å². The highest BCUT2D eigenvalue weighted by molar-refractivity contribution is 6.27. The van der Waals surface area contributed by atoms with Crippen molar-refractivity contribution in [3.63, 3.8) is 0 Å². The maximum absolute atomic E-state index is 4.69. The van der Waals surface area contributed by atoms with E-state index < -0.39 is 0 Å². The minimum Gasteiger partial charge on any atom is -0.333 e. The van der Waals surface area contributed by atoms with Crippen molar-refractivity contribution in [3.05, 3.63) is 168 Å². The maximum atomic E-state index is 4.69. The molecule has 2 heteroatoms. The maximum Gasteiger partial charge on any atom is 0.0630 e. The van der Waals surface area contributed by atoms with Gasteiger partial charge in [0.1, 0.15) is 0 Å². The fourth-order valence-corrected chi connectivity index (χ4v) is 8.90. The van der Waals surface area contributed by atoms with Gasteiger partial charge in [-0.05, 0) is 120 Å². The number of para-hydroxylation sites is 2. The van der Waals surface area contributed by atoms with Gasteiger partial charge in [0, 0.05) is 23.5 Å². The third-order valence-corrected chi connectivity index (χ3v) is 11.7. The zero-order chi connectivity index (χ0) is 35.1. The van der Waals surface area contributed by atoms with Gasteiger partial charge in [0.2, 0.25) is 0 Å². The van der Waals surface area contributed by atoms with E-state index in [1.165, 1.54) is 88.2 Å². The number of aliphatic imine (C=N–C) groups is 1. The Balaban J connectivity index is 1.18. The van der Waals surface area contributed by atoms with E-state index in [1.807, 2.05) is 6.21 Å². The number of dihydropyridines is 1. The third-order valence-electron chi connectivity index (χ3n) is 11.7. The van der Waals surface area contributed by atoms with Crippen LogP contribution in [0.2, 0.25) is 0 Å². The number of rotatable bonds is 4. The second-order valence-electron chi connectivity index (χ2n) is 16.0. The summed E-state index contributed by atoms with van der Waals surface area (Å²) in [6, 6.07) is 46.3. The Labute approximate surface area is 306 Å². The van der Waals surface area contributed by atoms with Crippen LogP contribution in [0.15, 0.2) is 151 Å². The van der Waals surface area contributed by atoms with E-state index in [1.54, 1.807) is 0 Å². The predicted octanol–water partition coefficient (Wildman–Crippen LogP) is 13.1. The number of anilines is 2. The molecule has 7 aromatic carbocycles. The average molecular weight is 671 g/mol. The van der Waals surface area contributed by atoms with Crippen molar-refractivity contribution >= 4 is 61.1 Å². The number of allylic oxidation sites excluding steroid dienone is 3. The van der Waals surface area contributed by atoms with Gasteiger partial charge < -0.3 is 4.90 Å². The van der Waals surface area contributed by atoms with Gasteiger partial charge in [0.05, 0.1) is 12.1 Å². The molecule has 0 amide bonds. The van der Waals surface area contributed by atoms with Gasteiger partial charge in [-0.2, -0.15) is 0 Å². The van der Waals surface area contributed by atoms with E-state index in [0.717, 1.165) is 6.42 Å². The highest BCUT2D eigenvalue weighted by atomic mass is 15.2. The molecule has 0 bridgehead atoms. The van der Waals surface area contributed by atoms with Crippen LogP contribution in [0.5, 0.6) is 0 Å². The fourth-order valence-electron chi connectivity index (χ4n) is 8.90. The molecular formula is C50H42N2. The number of fused-ring (bicyclic) bond motifs is 3. The largest absolute Gasteiger partial charge is 0.333 e. The second-order valence-corrected chi connectivity index (χ2v) is 16.0. The van der Waals surface area contributed by atoms with Crippen molar-refractivity contribution in [2.75, 3.05) is 4.90 Å². The molecule has 3 aliphatic rings. The van der Waals surface area contributed by atoms with Gasteiger partial charge in [-0.15, -0.1) is 0 Å². The van der Waals surface area contributed by atoms with E-state index in [-0.39, 0.29) is 17.4 Å². The molecule has 7 aromatic rings. The minimum atomic E-state index is 0.0679. The van der Waals surface area contributed by atoms with Gasteiger partial charge in [-0.25, -0.2) is 0 Å². The topological polar surface area (TPSA) is 15.6 Å². The van der Waals surface area contributed by atoms with Gasteiger partial charge in [-0.1, -0.05) is 142 Å². The Bertz CT molecular complexity index is 2630. The lowest BCUT2D eigenvalue weighted by atomic mass is 9.80. The summed E-state index contributed by atoms with van der Waals surface area (Å²) >= 11 is 0. The SMILES string of the molecule is CC1CC=C(c2ccc(-c3cc(C4=CC5c6ccccc6N(c6ccccc6)C5C=C4)c4ccc5cc(C(C)(C)C)cc6ccc3c4c56)cc2)C=N1. The second kappa shape index (κ2) is 11.6. The third kappa shape index (κ3) is 4.88. The van der Waals surface area contributed by atoms with Crippen LogP contribution in [-0.2, 0) is 5.41 Å². The summed E-state index contributed by atoms with van der Waals surface area (Å²) in [6.07, 6.45) is 12.7. The van der Waals surface area contributed by atoms with Crippen molar-refractivity contribution in [2.24, 2.45) is 4.99 Å². The molecule has 0 saturated heterocycles. The molecule has 252 valence electrons. The smallest absolute Gasteiger partial charge is 0.0630 e. The van der Waals surface area contributed by atoms with Crippen molar-refractivity contribution in [1.82, 2.24) is 0 Å². The van der Waals surface area contributed by atoms with Gasteiger partial charge >= 0.3 is 0 Å². The molecule has 3 unspecified atom stereocenters. The monoisotopic (exact) mass is 670 g/mol. The lowest BCUT2D eigenvalue weighted by molar-refractivity contribution is 0.591. The Kier molecular flexibility index (Phi) is 6.95. The van der Waals surface area contributed by atoms with Crippen LogP contribution >= 0.6 is 0 Å². The summed E-state index contributed by atoms with van der Waals surface area (Å²) < 4.78 is 0. The van der Waals surface area contributed by atoms with Gasteiger partial charge in [0.15, 0.2) is 0 Å². The molecule has 3 atom stereocenters. The standard InChI is InChI=1S/C50H42N2/c1-31-14-15-37(30-51-31)32-16-18-33(19-17-32)43-29-44(42-24-21-36-27-38(50(2,3)4)26-35-20-23-41(43)49(42)48(35)36)34-22-25-47-45(28-34)40-12-8-9-13-46(40)52(47)39-10-6-5-7-11-39/h5-13,15-31,45,47H,14H2,1-4H3. The summed E-state index contributed by atoms with van der Waals surface area (Å²) in [4.78, 5) is 7.21. The number of hydrogen-bond donors (Lipinski definition) is 0. The number of nitrogens with zero attached hydrogens (tertiary/aromatic N) is 2. The molecule has 2 aliphatic heterocycles. The molecule has 0 aromatic heterocycles. The van der Waals surface area contributed by atoms with Crippen LogP contribution in [-0.4, -0.2) is 18.3 Å². The van der Waals surface area contributed by atoms with Crippen molar-refractivity contribution in [2.45, 2.75) is 57.5 Å². The zero-order valence-electron chi connectivity index (χ0n) is 30.3. The fraction of sp³-hybridized carbons (Fsp3) is 0.180. The van der Waals surface area contributed by atoms with Crippen LogP contribution in [0.4, 0.5) is 11.4 Å². The molecule has 2 nitrogen and oxygen atoms in total. The summed E-state index contributed by atoms with van der Waals surface area (Å²) in [5.41, 5.74) is 12.9. The van der Waals surface area contributed by atoms with E-state index >= 15 is 0 Å². The number of benzene rings is 7. The summed E-state index contributed by atoms with van der Waals surface area (Å²) in [6.45, 7) is 9.10. The van der Waals surface area contributed by atoms with E-state index in [9.17, 15) is 0 Å². The van der Waals surface area contributed by atoms with E-state index in [4.69, 9.17) is 4.99 Å². The molecule has 0 spiro atoms. The molecule has 2 heterocycles. The average Bonchev–Trinajstić information content (AvgIpc) is 3.50. The van der Waals surface area contributed by atoms with Gasteiger partial charge in [0.25, 0.3) is 0 Å². The molecule has 0 radical (unpaired) electrons. The summed E-state index contributed by atoms with van der Waals surface area (Å²) in [5.74, 6) is 0.250. The summed E-state index contributed by atoms with van der Waals surface area (Å²) in [5, 5.41) is 7.97. The molecule has 0 N–H and O–H groups in total. The van der Waals surface area contributed by atoms with E-state index in [0.29, 0.717) is 6.04 Å². The minimum absolute atomic E-state index is 0.0679. The summed E-state index contributed by atoms with van der Waals surface area (Å²) in [7, 11) is 0. The highest BCUT2D eigenvalue weighted by Crippen LogP contribution is 2.51. The first-order valence-electron chi connectivity index (χ1n) is 18.8. The van der Waals surface area contributed by atoms with Crippen LogP contribution in [0.3, 0.4) is 0 Å². The zero-order valence-corrected chi connectivity index (χ0v) is 30.3. The quantitative estimate of drug-likeness (QED) is 0.170. The predicted molar refractivity (Wildman–Crippen MR) is 223 cm³/mol. The lowest BCUT2D eigenvalue weighted by Crippen LogP contribution is -2.28. The lowest BCUT2D eigenvalue weighted by Gasteiger charge is -2.30. The Morgan fingerprint density at radius 1 is 0.673 bits per heavy atom. The number of hydrogen-bond acceptors (Lipinski definition) is 2. The van der Waals surface area contributed by atoms with Crippen LogP contribution in [0.25, 0.3) is 54.6 Å². The van der Waals surface area contributed by atoms with Crippen LogP contribution in [0.1, 0.15) is 62.3 Å². The van der Waals surface area contributed by atoms with Crippen molar-refractivity contribution in [3.8, 4) is 11.1 Å². The Morgan fingerprint density at radius 3 is 2.08 bits per heavy atom. The Morgan fingerprint density at radius 2 is 1.37 bits per heavy atom. The molecule has 0 saturated carbocycles. The molecule has 10 rings (SSSR count). The van der Waals surface area contributed by atoms with Crippen LogP contribution < -0.4 is 4.90 Å². The first-order chi connectivity index (χ1) is 25.3. The molecular weight excluding hydrogens is 629 g/mol. The van der Waals surface area contributed by atoms with Crippen molar-refractivity contribution in [1.29, 1.82) is 0 Å². The van der Waals surface area contributed by atoms with E-state index in [2.05, 4.69) is 178 Å². The molecule has 0 fully saturated rings. The Hall–Kier alpha value is -5.73. The molecule has 1 aliphatic carbocycles. The van der Waals surface area contributed by atoms with Crippen molar-refractivity contribution < 1.29 is 0 Å². The first-order valence-corrected chi connectivity index (χ1v) is 18.8. The first kappa shape index (κ1) is 31.0. The molecule has 52 heavy (non-hydrogen) atoms. The van der Waals surface area contributed by atoms with Crippen LogP contribution in [0, 0.1) is 0 Å². The highest BCUT2D eigenvalue weighted by Gasteiger charge is 2.38.